The van der Waals surface area contributed by atoms with Gasteiger partial charge in [-0.15, -0.1) is 0 Å². The van der Waals surface area contributed by atoms with E-state index >= 15 is 0 Å². The number of aliphatic imine (C=N–C) groups is 1. The molecule has 0 aromatic heterocycles. The highest BCUT2D eigenvalue weighted by Crippen LogP contribution is 2.55. The van der Waals surface area contributed by atoms with Crippen LogP contribution in [0.15, 0.2) is 17.1 Å². The van der Waals surface area contributed by atoms with Crippen LogP contribution >= 0.6 is 0 Å². The number of fused-ring (bicyclic) bond motifs is 3. The third-order valence-corrected chi connectivity index (χ3v) is 8.73. The molecule has 32 heavy (non-hydrogen) atoms. The Kier molecular flexibility index (Phi) is 4.85. The van der Waals surface area contributed by atoms with Crippen LogP contribution in [0.2, 0.25) is 0 Å². The van der Waals surface area contributed by atoms with Crippen molar-refractivity contribution in [1.29, 1.82) is 5.26 Å². The summed E-state index contributed by atoms with van der Waals surface area (Å²) >= 11 is 0. The zero-order valence-electron chi connectivity index (χ0n) is 18.7. The number of benzene rings is 1. The highest BCUT2D eigenvalue weighted by molar-refractivity contribution is 5.88. The Balaban J connectivity index is 1.18. The molecular formula is C25H32N4O3. The Morgan fingerprint density at radius 3 is 2.75 bits per heavy atom. The molecule has 2 aliphatic heterocycles. The fraction of sp³-hybridized carbons (Fsp3) is 0.680. The first kappa shape index (κ1) is 20.3. The second kappa shape index (κ2) is 7.64. The van der Waals surface area contributed by atoms with Crippen molar-refractivity contribution in [1.82, 2.24) is 10.2 Å². The summed E-state index contributed by atoms with van der Waals surface area (Å²) in [5, 5.41) is 24.1. The molecule has 1 aromatic carbocycles. The van der Waals surface area contributed by atoms with E-state index in [-0.39, 0.29) is 6.04 Å². The van der Waals surface area contributed by atoms with Gasteiger partial charge in [0.15, 0.2) is 11.5 Å². The maximum absolute atomic E-state index is 10.9. The minimum atomic E-state index is -0.449. The van der Waals surface area contributed by atoms with Crippen LogP contribution in [0.5, 0.6) is 11.5 Å². The molecule has 2 heterocycles. The largest absolute Gasteiger partial charge is 0.454 e. The molecule has 4 fully saturated rings. The van der Waals surface area contributed by atoms with Crippen molar-refractivity contribution < 1.29 is 14.6 Å². The second-order valence-electron chi connectivity index (χ2n) is 10.6. The third kappa shape index (κ3) is 3.36. The summed E-state index contributed by atoms with van der Waals surface area (Å²) < 4.78 is 11.3. The standard InChI is InChI=1S/C25H32N4O3/c1-15(29-6-4-17-2-3-21-23(32-14-31-21)20(17)5-7-29)24(27-13-26)28-22-18-8-16-9-19(22)12-25(30,10-16)11-18/h2-3,15-16,18-19,22,30H,4-12,14H2,1H3,(H,27,28). The number of ether oxygens (including phenoxy) is 2. The molecule has 2 N–H and O–H groups in total. The summed E-state index contributed by atoms with van der Waals surface area (Å²) in [5.74, 6) is 4.18. The molecule has 4 aliphatic carbocycles. The van der Waals surface area contributed by atoms with Gasteiger partial charge in [-0.05, 0) is 81.3 Å². The normalized spacial score (nSPS) is 36.3. The molecule has 7 heteroatoms. The van der Waals surface area contributed by atoms with Gasteiger partial charge in [0.1, 0.15) is 5.84 Å². The minimum absolute atomic E-state index is 0.0365. The van der Waals surface area contributed by atoms with Crippen LogP contribution in [0.4, 0.5) is 0 Å². The van der Waals surface area contributed by atoms with E-state index in [1.807, 2.05) is 12.3 Å². The lowest BCUT2D eigenvalue weighted by atomic mass is 9.52. The van der Waals surface area contributed by atoms with E-state index in [1.54, 1.807) is 0 Å². The topological polar surface area (TPSA) is 90.1 Å². The number of amidine groups is 1. The van der Waals surface area contributed by atoms with E-state index in [1.165, 1.54) is 24.0 Å². The molecule has 170 valence electrons. The van der Waals surface area contributed by atoms with E-state index in [9.17, 15) is 10.4 Å². The van der Waals surface area contributed by atoms with Crippen molar-refractivity contribution in [2.75, 3.05) is 19.9 Å². The first-order valence-corrected chi connectivity index (χ1v) is 12.1. The number of nitrogens with one attached hydrogen (secondary N) is 1. The molecule has 4 bridgehead atoms. The summed E-state index contributed by atoms with van der Waals surface area (Å²) in [6.07, 6.45) is 9.03. The van der Waals surface area contributed by atoms with Crippen LogP contribution in [-0.2, 0) is 12.8 Å². The van der Waals surface area contributed by atoms with Gasteiger partial charge < -0.3 is 19.9 Å². The van der Waals surface area contributed by atoms with Crippen molar-refractivity contribution >= 4 is 5.84 Å². The quantitative estimate of drug-likeness (QED) is 0.430. The fourth-order valence-corrected chi connectivity index (χ4v) is 7.46. The van der Waals surface area contributed by atoms with Gasteiger partial charge in [-0.1, -0.05) is 6.07 Å². The predicted octanol–water partition coefficient (Wildman–Crippen LogP) is 2.61. The first-order valence-electron chi connectivity index (χ1n) is 12.1. The van der Waals surface area contributed by atoms with Gasteiger partial charge >= 0.3 is 0 Å². The molecule has 0 radical (unpaired) electrons. The van der Waals surface area contributed by atoms with E-state index in [0.29, 0.717) is 30.6 Å². The van der Waals surface area contributed by atoms with Crippen molar-refractivity contribution in [2.24, 2.45) is 22.7 Å². The molecular weight excluding hydrogens is 404 g/mol. The van der Waals surface area contributed by atoms with Gasteiger partial charge in [0.05, 0.1) is 11.6 Å². The van der Waals surface area contributed by atoms with Gasteiger partial charge in [0, 0.05) is 24.7 Å². The minimum Gasteiger partial charge on any atom is -0.454 e. The van der Waals surface area contributed by atoms with Crippen LogP contribution in [0.3, 0.4) is 0 Å². The molecule has 0 saturated heterocycles. The molecule has 4 saturated carbocycles. The Hall–Kier alpha value is -2.30. The van der Waals surface area contributed by atoms with Crippen molar-refractivity contribution in [3.63, 3.8) is 0 Å². The Labute approximate surface area is 189 Å². The predicted molar refractivity (Wildman–Crippen MR) is 119 cm³/mol. The van der Waals surface area contributed by atoms with E-state index in [2.05, 4.69) is 28.2 Å². The lowest BCUT2D eigenvalue weighted by molar-refractivity contribution is -0.136. The van der Waals surface area contributed by atoms with Gasteiger partial charge in [-0.25, -0.2) is 0 Å². The summed E-state index contributed by atoms with van der Waals surface area (Å²) in [6.45, 7) is 4.26. The van der Waals surface area contributed by atoms with Crippen molar-refractivity contribution in [2.45, 2.75) is 69.6 Å². The maximum atomic E-state index is 10.9. The number of nitriles is 1. The van der Waals surface area contributed by atoms with Crippen LogP contribution in [0, 0.1) is 29.2 Å². The lowest BCUT2D eigenvalue weighted by Crippen LogP contribution is -2.63. The molecule has 6 aliphatic rings. The number of rotatable bonds is 3. The van der Waals surface area contributed by atoms with Crippen molar-refractivity contribution in [3.8, 4) is 17.7 Å². The molecule has 3 unspecified atom stereocenters. The second-order valence-corrected chi connectivity index (χ2v) is 10.6. The zero-order valence-corrected chi connectivity index (χ0v) is 18.7. The zero-order chi connectivity index (χ0) is 21.9. The Morgan fingerprint density at radius 2 is 2.00 bits per heavy atom. The number of nitrogens with zero attached hydrogens (tertiary/aromatic N) is 3. The molecule has 3 atom stereocenters. The van der Waals surface area contributed by atoms with Gasteiger partial charge in [0.2, 0.25) is 13.0 Å². The molecule has 7 nitrogen and oxygen atoms in total. The third-order valence-electron chi connectivity index (χ3n) is 8.73. The average molecular weight is 437 g/mol. The maximum Gasteiger partial charge on any atom is 0.231 e. The molecule has 0 spiro atoms. The van der Waals surface area contributed by atoms with Gasteiger partial charge in [-0.3, -0.25) is 4.90 Å². The first-order chi connectivity index (χ1) is 15.5. The molecule has 1 aromatic rings. The van der Waals surface area contributed by atoms with Crippen LogP contribution in [0.25, 0.3) is 0 Å². The number of hydrogen-bond donors (Lipinski definition) is 2. The lowest BCUT2D eigenvalue weighted by Gasteiger charge is -2.58. The van der Waals surface area contributed by atoms with Crippen LogP contribution in [0.1, 0.15) is 50.2 Å². The number of aliphatic hydroxyl groups is 1. The Bertz CT molecular complexity index is 970. The Morgan fingerprint density at radius 1 is 1.22 bits per heavy atom. The fourth-order valence-electron chi connectivity index (χ4n) is 7.46. The van der Waals surface area contributed by atoms with Crippen LogP contribution < -0.4 is 14.8 Å². The van der Waals surface area contributed by atoms with E-state index < -0.39 is 5.60 Å². The highest BCUT2D eigenvalue weighted by Gasteiger charge is 2.55. The summed E-state index contributed by atoms with van der Waals surface area (Å²) in [6, 6.07) is 4.54. The molecule has 0 amide bonds. The van der Waals surface area contributed by atoms with Crippen molar-refractivity contribution in [3.05, 3.63) is 23.3 Å². The van der Waals surface area contributed by atoms with Crippen LogP contribution in [-0.4, -0.2) is 53.4 Å². The molecule has 7 rings (SSSR count). The summed E-state index contributed by atoms with van der Waals surface area (Å²) in [5.41, 5.74) is 2.13. The summed E-state index contributed by atoms with van der Waals surface area (Å²) in [4.78, 5) is 6.69. The van der Waals surface area contributed by atoms with E-state index in [4.69, 9.17) is 9.47 Å². The smallest absolute Gasteiger partial charge is 0.231 e. The monoisotopic (exact) mass is 436 g/mol. The van der Waals surface area contributed by atoms with Gasteiger partial charge in [0.25, 0.3) is 0 Å². The van der Waals surface area contributed by atoms with Gasteiger partial charge in [-0.2, -0.15) is 10.3 Å². The number of hydrogen-bond acceptors (Lipinski definition) is 6. The SMILES string of the molecule is CC(/C(=N\C#N)NC1C2CC3CC1CC(O)(C3)C2)N1CCc2ccc3c(c2CC1)OCO3. The highest BCUT2D eigenvalue weighted by atomic mass is 16.7. The van der Waals surface area contributed by atoms with E-state index in [0.717, 1.165) is 62.5 Å². The summed E-state index contributed by atoms with van der Waals surface area (Å²) in [7, 11) is 0. The average Bonchev–Trinajstić information content (AvgIpc) is 3.13.